The molecule has 0 fully saturated rings. The molecule has 0 amide bonds. The minimum Gasteiger partial charge on any atom is -0.455 e. The molecule has 13 rings (SSSR count). The summed E-state index contributed by atoms with van der Waals surface area (Å²) >= 11 is 0. The Morgan fingerprint density at radius 3 is 1.70 bits per heavy atom. The number of hydrogen-bond donors (Lipinski definition) is 0. The zero-order chi connectivity index (χ0) is 48.8. The van der Waals surface area contributed by atoms with Crippen LogP contribution in [-0.4, -0.2) is 11.3 Å². The summed E-state index contributed by atoms with van der Waals surface area (Å²) in [6.07, 6.45) is 0. The summed E-state index contributed by atoms with van der Waals surface area (Å²) in [6.45, 7) is 23.1. The molecule has 0 unspecified atom stereocenters. The van der Waals surface area contributed by atoms with Crippen molar-refractivity contribution in [2.24, 2.45) is 0 Å². The lowest BCUT2D eigenvalue weighted by Gasteiger charge is -2.46. The average Bonchev–Trinajstić information content (AvgIpc) is 3.89. The van der Waals surface area contributed by atoms with E-state index < -0.39 is 0 Å². The van der Waals surface area contributed by atoms with E-state index in [2.05, 4.69) is 247 Å². The topological polar surface area (TPSA) is 24.6 Å². The molecule has 9 aromatic carbocycles. The van der Waals surface area contributed by atoms with Crippen LogP contribution in [0.4, 0.5) is 34.1 Å². The summed E-state index contributed by atoms with van der Waals surface area (Å²) in [6, 6.07) is 64.0. The smallest absolute Gasteiger partial charge is 0.252 e. The maximum absolute atomic E-state index is 6.57. The Morgan fingerprint density at radius 2 is 1.01 bits per heavy atom. The maximum Gasteiger partial charge on any atom is 0.252 e. The Labute approximate surface area is 417 Å². The predicted molar refractivity (Wildman–Crippen MR) is 304 cm³/mol. The van der Waals surface area contributed by atoms with E-state index in [1.165, 1.54) is 106 Å². The first-order valence-electron chi connectivity index (χ1n) is 25.3. The summed E-state index contributed by atoms with van der Waals surface area (Å²) in [5.74, 6) is 0. The van der Waals surface area contributed by atoms with Gasteiger partial charge in [0.1, 0.15) is 11.2 Å². The number of fused-ring (bicyclic) bond motifs is 10. The number of nitrogens with zero attached hydrogens (tertiary/aromatic N) is 3. The van der Waals surface area contributed by atoms with Crippen LogP contribution in [0, 0.1) is 27.7 Å². The van der Waals surface area contributed by atoms with Crippen molar-refractivity contribution in [3.8, 4) is 16.8 Å². The highest BCUT2D eigenvalue weighted by atomic mass is 16.3. The van der Waals surface area contributed by atoms with Gasteiger partial charge in [0.15, 0.2) is 0 Å². The molecule has 4 nitrogen and oxygen atoms in total. The zero-order valence-electron chi connectivity index (χ0n) is 42.5. The van der Waals surface area contributed by atoms with Crippen molar-refractivity contribution in [2.45, 2.75) is 80.1 Å². The van der Waals surface area contributed by atoms with Crippen LogP contribution in [-0.2, 0) is 10.8 Å². The van der Waals surface area contributed by atoms with E-state index >= 15 is 0 Å². The van der Waals surface area contributed by atoms with Crippen molar-refractivity contribution in [1.82, 2.24) is 4.57 Å². The van der Waals surface area contributed by atoms with Gasteiger partial charge in [-0.3, -0.25) is 0 Å². The second-order valence-electron chi connectivity index (χ2n) is 22.4. The number of furan rings is 1. The van der Waals surface area contributed by atoms with Crippen LogP contribution in [0.15, 0.2) is 174 Å². The number of para-hydroxylation sites is 5. The van der Waals surface area contributed by atoms with Crippen molar-refractivity contribution in [3.63, 3.8) is 0 Å². The van der Waals surface area contributed by atoms with Gasteiger partial charge < -0.3 is 18.8 Å². The normalized spacial score (nSPS) is 13.4. The van der Waals surface area contributed by atoms with Gasteiger partial charge in [0.2, 0.25) is 0 Å². The number of aromatic nitrogens is 1. The van der Waals surface area contributed by atoms with E-state index in [-0.39, 0.29) is 17.5 Å². The van der Waals surface area contributed by atoms with Crippen LogP contribution in [0.3, 0.4) is 0 Å². The molecule has 0 spiro atoms. The lowest BCUT2D eigenvalue weighted by molar-refractivity contribution is 0.590. The van der Waals surface area contributed by atoms with Crippen LogP contribution < -0.4 is 26.2 Å². The minimum atomic E-state index is -0.149. The fourth-order valence-electron chi connectivity index (χ4n) is 12.2. The number of aryl methyl sites for hydroxylation is 4. The number of rotatable bonds is 4. The van der Waals surface area contributed by atoms with Crippen molar-refractivity contribution < 1.29 is 4.42 Å². The van der Waals surface area contributed by atoms with E-state index in [4.69, 9.17) is 4.42 Å². The Balaban J connectivity index is 1.12. The molecule has 11 aromatic rings. The minimum absolute atomic E-state index is 0.0465. The van der Waals surface area contributed by atoms with Gasteiger partial charge in [-0.2, -0.15) is 0 Å². The Hall–Kier alpha value is -7.76. The average molecular weight is 920 g/mol. The van der Waals surface area contributed by atoms with Crippen molar-refractivity contribution >= 4 is 101 Å². The van der Waals surface area contributed by atoms with Crippen LogP contribution in [0.2, 0.25) is 0 Å². The summed E-state index contributed by atoms with van der Waals surface area (Å²) < 4.78 is 9.10. The van der Waals surface area contributed by atoms with Crippen LogP contribution in [0.5, 0.6) is 0 Å². The molecule has 2 aromatic heterocycles. The molecule has 346 valence electrons. The molecule has 4 heterocycles. The number of anilines is 6. The van der Waals surface area contributed by atoms with Gasteiger partial charge in [-0.1, -0.05) is 163 Å². The van der Waals surface area contributed by atoms with Gasteiger partial charge in [-0.15, -0.1) is 0 Å². The van der Waals surface area contributed by atoms with Crippen LogP contribution in [0.25, 0.3) is 60.6 Å². The SMILES string of the molecule is Cc1cccc(C)c1N1c2cc3c(cc2B2c4cc(C(C)(C)C)ccc4N(c4ccc(-c5cccc6c5oc5ccccc56)cc4)c4cc(C(C)(C)C)cc1c42)c1ccccc1n3-c1c(C)cccc1C. The Kier molecular flexibility index (Phi) is 9.37. The van der Waals surface area contributed by atoms with E-state index in [0.29, 0.717) is 0 Å². The summed E-state index contributed by atoms with van der Waals surface area (Å²) in [7, 11) is 0. The lowest BCUT2D eigenvalue weighted by atomic mass is 9.33. The van der Waals surface area contributed by atoms with E-state index in [0.717, 1.165) is 38.8 Å². The fourth-order valence-corrected chi connectivity index (χ4v) is 12.2. The molecule has 5 heteroatoms. The Bertz CT molecular complexity index is 3980. The van der Waals surface area contributed by atoms with Crippen LogP contribution in [0.1, 0.15) is 74.9 Å². The largest absolute Gasteiger partial charge is 0.455 e. The molecule has 0 atom stereocenters. The molecule has 0 radical (unpaired) electrons. The van der Waals surface area contributed by atoms with Gasteiger partial charge in [0.05, 0.1) is 22.4 Å². The Morgan fingerprint density at radius 1 is 0.423 bits per heavy atom. The third-order valence-corrected chi connectivity index (χ3v) is 15.8. The van der Waals surface area contributed by atoms with Crippen molar-refractivity contribution in [3.05, 3.63) is 203 Å². The van der Waals surface area contributed by atoms with Crippen molar-refractivity contribution in [2.75, 3.05) is 9.80 Å². The van der Waals surface area contributed by atoms with Crippen molar-refractivity contribution in [1.29, 1.82) is 0 Å². The first-order valence-corrected chi connectivity index (χ1v) is 25.3. The van der Waals surface area contributed by atoms with E-state index in [1.54, 1.807) is 0 Å². The van der Waals surface area contributed by atoms with E-state index in [9.17, 15) is 0 Å². The summed E-state index contributed by atoms with van der Waals surface area (Å²) in [4.78, 5) is 5.21. The molecule has 0 N–H and O–H groups in total. The van der Waals surface area contributed by atoms with Gasteiger partial charge in [0.25, 0.3) is 6.71 Å². The zero-order valence-corrected chi connectivity index (χ0v) is 42.5. The molecule has 2 aliphatic rings. The van der Waals surface area contributed by atoms with Gasteiger partial charge in [0, 0.05) is 55.5 Å². The highest BCUT2D eigenvalue weighted by Gasteiger charge is 2.45. The van der Waals surface area contributed by atoms with Gasteiger partial charge >= 0.3 is 0 Å². The number of hydrogen-bond acceptors (Lipinski definition) is 3. The second kappa shape index (κ2) is 15.4. The molecular formula is C66H58BN3O. The first-order chi connectivity index (χ1) is 34.2. The lowest BCUT2D eigenvalue weighted by Crippen LogP contribution is -2.61. The number of benzene rings is 9. The summed E-state index contributed by atoms with van der Waals surface area (Å²) in [5.41, 5.74) is 26.4. The molecule has 2 aliphatic heterocycles. The highest BCUT2D eigenvalue weighted by molar-refractivity contribution is 7.00. The third kappa shape index (κ3) is 6.44. The standard InChI is InChI=1S/C66H58BN3O/c1-39-18-15-19-40(2)62(39)69-54-26-13-11-22-48(54)51-37-53-57(38-56(51)69)70(63-41(3)20-16-21-42(63)4)59-36-45(66(8,9)10)35-58-61(59)67(53)52-34-44(65(5,6)7)30-33-55(52)68(58)46-31-28-43(29-32-46)47-24-17-25-50-49-23-12-14-27-60(49)71-64(47)50/h11-38H,1-10H3. The molecule has 0 saturated carbocycles. The first kappa shape index (κ1) is 43.3. The predicted octanol–water partition coefficient (Wildman–Crippen LogP) is 16.3. The van der Waals surface area contributed by atoms with E-state index in [1.807, 2.05) is 6.07 Å². The maximum atomic E-state index is 6.57. The van der Waals surface area contributed by atoms with Gasteiger partial charge in [-0.05, 0) is 142 Å². The molecular weight excluding hydrogens is 862 g/mol. The molecule has 0 aliphatic carbocycles. The second-order valence-corrected chi connectivity index (χ2v) is 22.4. The van der Waals surface area contributed by atoms with Crippen LogP contribution >= 0.6 is 0 Å². The quantitative estimate of drug-likeness (QED) is 0.164. The highest BCUT2D eigenvalue weighted by Crippen LogP contribution is 2.50. The van der Waals surface area contributed by atoms with Gasteiger partial charge in [-0.25, -0.2) is 0 Å². The molecule has 0 bridgehead atoms. The molecule has 71 heavy (non-hydrogen) atoms. The molecule has 0 saturated heterocycles. The monoisotopic (exact) mass is 919 g/mol. The third-order valence-electron chi connectivity index (χ3n) is 15.8. The fraction of sp³-hybridized carbons (Fsp3) is 0.182. The summed E-state index contributed by atoms with van der Waals surface area (Å²) in [5, 5.41) is 4.81.